The highest BCUT2D eigenvalue weighted by atomic mass is 16.5. The lowest BCUT2D eigenvalue weighted by atomic mass is 9.95. The van der Waals surface area contributed by atoms with Gasteiger partial charge >= 0.3 is 0 Å². The number of hydrogen-bond acceptors (Lipinski definition) is 7. The van der Waals surface area contributed by atoms with Gasteiger partial charge in [-0.05, 0) is 30.2 Å². The van der Waals surface area contributed by atoms with Crippen molar-refractivity contribution in [1.82, 2.24) is 20.4 Å². The number of carbonyl (C=O) groups excluding carboxylic acids is 1. The number of amides is 1. The number of methoxy groups -OCH3 is 1. The number of carbonyl (C=O) groups is 1. The number of nitrogens with zero attached hydrogens (tertiary/aromatic N) is 3. The Morgan fingerprint density at radius 3 is 3.04 bits per heavy atom. The van der Waals surface area contributed by atoms with Crippen molar-refractivity contribution >= 4 is 5.91 Å². The number of fused-ring (bicyclic) bond motifs is 1. The molecule has 0 spiro atoms. The van der Waals surface area contributed by atoms with E-state index in [1.54, 1.807) is 13.3 Å². The van der Waals surface area contributed by atoms with Crippen LogP contribution in [0.5, 0.6) is 11.5 Å². The first-order valence-corrected chi connectivity index (χ1v) is 9.05. The number of para-hydroxylation sites is 1. The number of rotatable bonds is 6. The van der Waals surface area contributed by atoms with E-state index >= 15 is 0 Å². The molecule has 4 rings (SSSR count). The minimum absolute atomic E-state index is 0.0575. The molecule has 144 valence electrons. The highest BCUT2D eigenvalue weighted by Gasteiger charge is 2.27. The standard InChI is InChI=1S/C20H20N4O4/c1-26-16-7-4-5-13-11-14(12-27-18(13)16)20(25)22-10-8-17-23-19(24-28-17)15-6-2-3-9-21-15/h2-7,9,14H,8,10-12H2,1H3,(H,22,25)/t14-/m0/s1. The van der Waals surface area contributed by atoms with Gasteiger partial charge < -0.3 is 19.3 Å². The fourth-order valence-corrected chi connectivity index (χ4v) is 3.12. The number of ether oxygens (including phenoxy) is 2. The Bertz CT molecular complexity index is 958. The summed E-state index contributed by atoms with van der Waals surface area (Å²) in [6.45, 7) is 0.730. The van der Waals surface area contributed by atoms with Crippen molar-refractivity contribution in [1.29, 1.82) is 0 Å². The van der Waals surface area contributed by atoms with Gasteiger partial charge in [0.2, 0.25) is 17.6 Å². The summed E-state index contributed by atoms with van der Waals surface area (Å²) >= 11 is 0. The van der Waals surface area contributed by atoms with Crippen molar-refractivity contribution in [3.05, 3.63) is 54.0 Å². The molecule has 8 nitrogen and oxygen atoms in total. The van der Waals surface area contributed by atoms with Gasteiger partial charge in [0.25, 0.3) is 0 Å². The van der Waals surface area contributed by atoms with Crippen LogP contribution >= 0.6 is 0 Å². The van der Waals surface area contributed by atoms with Crippen LogP contribution in [0, 0.1) is 5.92 Å². The van der Waals surface area contributed by atoms with Gasteiger partial charge in [0, 0.05) is 19.2 Å². The molecule has 1 amide bonds. The summed E-state index contributed by atoms with van der Waals surface area (Å²) in [5, 5.41) is 6.84. The van der Waals surface area contributed by atoms with Crippen molar-refractivity contribution < 1.29 is 18.8 Å². The Morgan fingerprint density at radius 2 is 2.21 bits per heavy atom. The number of benzene rings is 1. The van der Waals surface area contributed by atoms with E-state index in [9.17, 15) is 4.79 Å². The third-order valence-electron chi connectivity index (χ3n) is 4.55. The molecular weight excluding hydrogens is 360 g/mol. The topological polar surface area (TPSA) is 99.4 Å². The summed E-state index contributed by atoms with van der Waals surface area (Å²) in [5.41, 5.74) is 1.62. The smallest absolute Gasteiger partial charge is 0.228 e. The largest absolute Gasteiger partial charge is 0.493 e. The molecule has 1 aromatic carbocycles. The van der Waals surface area contributed by atoms with Crippen molar-refractivity contribution in [2.24, 2.45) is 5.92 Å². The van der Waals surface area contributed by atoms with Crippen molar-refractivity contribution in [2.45, 2.75) is 12.8 Å². The predicted octanol–water partition coefficient (Wildman–Crippen LogP) is 2.05. The van der Waals surface area contributed by atoms with Crippen LogP contribution in [0.4, 0.5) is 0 Å². The van der Waals surface area contributed by atoms with E-state index in [-0.39, 0.29) is 11.8 Å². The van der Waals surface area contributed by atoms with Crippen LogP contribution in [0.2, 0.25) is 0 Å². The molecule has 1 aliphatic heterocycles. The third kappa shape index (κ3) is 3.80. The van der Waals surface area contributed by atoms with Crippen LogP contribution in [0.25, 0.3) is 11.5 Å². The zero-order valence-corrected chi connectivity index (χ0v) is 15.4. The molecule has 2 aromatic heterocycles. The molecule has 3 heterocycles. The zero-order chi connectivity index (χ0) is 19.3. The van der Waals surface area contributed by atoms with Crippen molar-refractivity contribution in [3.8, 4) is 23.0 Å². The van der Waals surface area contributed by atoms with E-state index in [0.717, 1.165) is 11.3 Å². The summed E-state index contributed by atoms with van der Waals surface area (Å²) in [6, 6.07) is 11.2. The quantitative estimate of drug-likeness (QED) is 0.699. The van der Waals surface area contributed by atoms with Gasteiger partial charge in [-0.25, -0.2) is 0 Å². The summed E-state index contributed by atoms with van der Waals surface area (Å²) in [6.07, 6.45) is 2.73. The van der Waals surface area contributed by atoms with E-state index in [0.29, 0.717) is 49.2 Å². The van der Waals surface area contributed by atoms with Gasteiger partial charge in [0.1, 0.15) is 12.3 Å². The first-order chi connectivity index (χ1) is 13.7. The number of nitrogens with one attached hydrogen (secondary N) is 1. The van der Waals surface area contributed by atoms with E-state index < -0.39 is 0 Å². The molecule has 0 saturated heterocycles. The zero-order valence-electron chi connectivity index (χ0n) is 15.4. The van der Waals surface area contributed by atoms with Crippen molar-refractivity contribution in [3.63, 3.8) is 0 Å². The average molecular weight is 380 g/mol. The van der Waals surface area contributed by atoms with E-state index in [1.807, 2.05) is 36.4 Å². The maximum absolute atomic E-state index is 12.5. The van der Waals surface area contributed by atoms with Crippen LogP contribution in [0.15, 0.2) is 47.1 Å². The Morgan fingerprint density at radius 1 is 1.29 bits per heavy atom. The molecule has 8 heteroatoms. The second-order valence-corrected chi connectivity index (χ2v) is 6.43. The van der Waals surface area contributed by atoms with Gasteiger partial charge in [-0.2, -0.15) is 4.98 Å². The molecule has 0 aliphatic carbocycles. The van der Waals surface area contributed by atoms with Crippen LogP contribution in [-0.4, -0.2) is 41.3 Å². The van der Waals surface area contributed by atoms with E-state index in [2.05, 4.69) is 20.4 Å². The molecule has 1 aliphatic rings. The maximum atomic E-state index is 12.5. The molecular formula is C20H20N4O4. The summed E-state index contributed by atoms with van der Waals surface area (Å²) in [5.74, 6) is 2.01. The van der Waals surface area contributed by atoms with E-state index in [4.69, 9.17) is 14.0 Å². The van der Waals surface area contributed by atoms with Crippen molar-refractivity contribution in [2.75, 3.05) is 20.3 Å². The van der Waals surface area contributed by atoms with Crippen LogP contribution in [-0.2, 0) is 17.6 Å². The Balaban J connectivity index is 1.30. The second kappa shape index (κ2) is 8.08. The maximum Gasteiger partial charge on any atom is 0.228 e. The van der Waals surface area contributed by atoms with Gasteiger partial charge in [0.15, 0.2) is 11.5 Å². The molecule has 0 unspecified atom stereocenters. The van der Waals surface area contributed by atoms with E-state index in [1.165, 1.54) is 0 Å². The normalized spacial score (nSPS) is 15.4. The number of pyridine rings is 1. The fourth-order valence-electron chi connectivity index (χ4n) is 3.12. The minimum atomic E-state index is -0.244. The predicted molar refractivity (Wildman–Crippen MR) is 99.9 cm³/mol. The highest BCUT2D eigenvalue weighted by Crippen LogP contribution is 2.36. The first kappa shape index (κ1) is 18.0. The van der Waals surface area contributed by atoms with Gasteiger partial charge in [-0.3, -0.25) is 9.78 Å². The lowest BCUT2D eigenvalue weighted by Gasteiger charge is -2.25. The lowest BCUT2D eigenvalue weighted by Crippen LogP contribution is -2.38. The summed E-state index contributed by atoms with van der Waals surface area (Å²) in [7, 11) is 1.61. The van der Waals surface area contributed by atoms with Crippen LogP contribution in [0.3, 0.4) is 0 Å². The lowest BCUT2D eigenvalue weighted by molar-refractivity contribution is -0.126. The number of aromatic nitrogens is 3. The monoisotopic (exact) mass is 380 g/mol. The second-order valence-electron chi connectivity index (χ2n) is 6.43. The Labute approximate surface area is 161 Å². The summed E-state index contributed by atoms with van der Waals surface area (Å²) < 4.78 is 16.3. The van der Waals surface area contributed by atoms with Gasteiger partial charge in [0.05, 0.1) is 13.0 Å². The van der Waals surface area contributed by atoms with Crippen LogP contribution in [0.1, 0.15) is 11.5 Å². The van der Waals surface area contributed by atoms with Gasteiger partial charge in [-0.15, -0.1) is 0 Å². The van der Waals surface area contributed by atoms with Gasteiger partial charge in [-0.1, -0.05) is 23.4 Å². The molecule has 1 atom stereocenters. The molecule has 0 bridgehead atoms. The minimum Gasteiger partial charge on any atom is -0.493 e. The molecule has 28 heavy (non-hydrogen) atoms. The molecule has 0 saturated carbocycles. The molecule has 0 radical (unpaired) electrons. The third-order valence-corrected chi connectivity index (χ3v) is 4.55. The first-order valence-electron chi connectivity index (χ1n) is 9.05. The summed E-state index contributed by atoms with van der Waals surface area (Å²) in [4.78, 5) is 21.0. The Hall–Kier alpha value is -3.42. The fraction of sp³-hybridized carbons (Fsp3) is 0.300. The molecule has 3 aromatic rings. The van der Waals surface area contributed by atoms with Crippen LogP contribution < -0.4 is 14.8 Å². The Kier molecular flexibility index (Phi) is 5.18. The SMILES string of the molecule is COc1cccc2c1OC[C@@H](C(=O)NCCc1nc(-c3ccccn3)no1)C2. The highest BCUT2D eigenvalue weighted by molar-refractivity contribution is 5.79. The average Bonchev–Trinajstić information content (AvgIpc) is 3.22. The molecule has 0 fully saturated rings. The number of hydrogen-bond donors (Lipinski definition) is 1. The molecule has 1 N–H and O–H groups in total.